The number of imide groups is 1. The monoisotopic (exact) mass is 927 g/mol. The zero-order valence-corrected chi connectivity index (χ0v) is 38.5. The van der Waals surface area contributed by atoms with E-state index in [-0.39, 0.29) is 42.8 Å². The molecule has 0 spiro atoms. The maximum absolute atomic E-state index is 13.9. The van der Waals surface area contributed by atoms with Gasteiger partial charge >= 0.3 is 12.0 Å². The summed E-state index contributed by atoms with van der Waals surface area (Å²) >= 11 is 7.07. The molecule has 15 nitrogen and oxygen atoms in total. The maximum Gasteiger partial charge on any atom is 0.352 e. The Morgan fingerprint density at radius 1 is 0.896 bits per heavy atom. The Hall–Kier alpha value is -7.04. The molecule has 0 atom stereocenters. The fourth-order valence-corrected chi connectivity index (χ4v) is 9.85. The molecule has 7 aromatic rings. The molecule has 67 heavy (non-hydrogen) atoms. The Balaban J connectivity index is 0.903. The van der Waals surface area contributed by atoms with Crippen molar-refractivity contribution in [2.45, 2.75) is 46.6 Å². The van der Waals surface area contributed by atoms with Gasteiger partial charge in [0.15, 0.2) is 0 Å². The molecule has 5 heterocycles. The number of piperazine rings is 1. The molecule has 0 aliphatic carbocycles. The molecule has 2 fully saturated rings. The minimum absolute atomic E-state index is 0.0576. The lowest BCUT2D eigenvalue weighted by molar-refractivity contribution is -0.131. The molecule has 2 saturated heterocycles. The summed E-state index contributed by atoms with van der Waals surface area (Å²) in [5.41, 5.74) is 7.51. The van der Waals surface area contributed by atoms with Gasteiger partial charge in [0.25, 0.3) is 0 Å². The quantitative estimate of drug-likeness (QED) is 0.0914. The van der Waals surface area contributed by atoms with Crippen molar-refractivity contribution < 1.29 is 33.4 Å². The lowest BCUT2D eigenvalue weighted by Crippen LogP contribution is -2.50. The number of halogens is 2. The van der Waals surface area contributed by atoms with Crippen LogP contribution in [-0.4, -0.2) is 110 Å². The van der Waals surface area contributed by atoms with Gasteiger partial charge in [0.2, 0.25) is 11.8 Å². The summed E-state index contributed by atoms with van der Waals surface area (Å²) in [7, 11) is 1.88. The van der Waals surface area contributed by atoms with Gasteiger partial charge in [-0.05, 0) is 87.0 Å². The molecule has 17 heteroatoms. The first-order valence-electron chi connectivity index (χ1n) is 22.4. The summed E-state index contributed by atoms with van der Waals surface area (Å²) in [6.45, 7) is 9.44. The number of pyridine rings is 1. The molecule has 2 aliphatic heterocycles. The Morgan fingerprint density at radius 3 is 2.40 bits per heavy atom. The number of urea groups is 1. The number of amides is 4. The van der Waals surface area contributed by atoms with Gasteiger partial charge in [0.05, 0.1) is 52.0 Å². The third-order valence-electron chi connectivity index (χ3n) is 13.0. The number of carbonyl (C=O) groups excluding carboxylic acids is 3. The molecule has 0 saturated carbocycles. The number of anilines is 2. The van der Waals surface area contributed by atoms with Gasteiger partial charge in [-0.15, -0.1) is 0 Å². The number of benzene rings is 4. The molecular formula is C50H51ClFN9O6. The number of hydrogen-bond donors (Lipinski definition) is 3. The molecule has 9 rings (SSSR count). The van der Waals surface area contributed by atoms with E-state index in [0.29, 0.717) is 97.6 Å². The Bertz CT molecular complexity index is 3120. The highest BCUT2D eigenvalue weighted by atomic mass is 35.5. The van der Waals surface area contributed by atoms with Crippen molar-refractivity contribution >= 4 is 79.4 Å². The van der Waals surface area contributed by atoms with Crippen molar-refractivity contribution in [1.82, 2.24) is 34.4 Å². The summed E-state index contributed by atoms with van der Waals surface area (Å²) < 4.78 is 23.9. The van der Waals surface area contributed by atoms with Crippen LogP contribution in [0.2, 0.25) is 5.02 Å². The van der Waals surface area contributed by atoms with Crippen molar-refractivity contribution in [3.8, 4) is 16.9 Å². The zero-order valence-electron chi connectivity index (χ0n) is 37.8. The van der Waals surface area contributed by atoms with Crippen molar-refractivity contribution in [1.29, 1.82) is 0 Å². The Morgan fingerprint density at radius 2 is 1.66 bits per heavy atom. The molecular weight excluding hydrogens is 877 g/mol. The number of nitrogens with one attached hydrogen (secondary N) is 2. The standard InChI is InChI=1S/C50H51ClFN9O6/c1-29-40(60-18-17-42(62)55-50(60)66)27-33-9-5-11-39(46(33)54-29)53-28-43(63)59-22-19-58(20-23-59)21-24-61-47-37(15-16-38(51)45(47)44-30(2)56-57(4)31(44)3)36(48(61)49(64)65)10-7-25-67-41-12-6-8-32-26-34(52)13-14-35(32)41/h5-6,8-9,11-16,26-27,53H,7,10,17-25,28H2,1-4H3,(H,64,65)(H,55,62,66). The summed E-state index contributed by atoms with van der Waals surface area (Å²) in [6.07, 6.45) is 1.14. The van der Waals surface area contributed by atoms with E-state index in [4.69, 9.17) is 21.3 Å². The topological polar surface area (TPSA) is 167 Å². The number of hydrogen-bond acceptors (Lipinski definition) is 9. The first-order chi connectivity index (χ1) is 32.3. The number of ether oxygens (including phenoxy) is 1. The lowest BCUT2D eigenvalue weighted by atomic mass is 9.98. The Kier molecular flexibility index (Phi) is 12.6. The number of carboxylic acid groups (broad SMARTS) is 1. The predicted octanol–water partition coefficient (Wildman–Crippen LogP) is 7.87. The highest BCUT2D eigenvalue weighted by Crippen LogP contribution is 2.42. The van der Waals surface area contributed by atoms with Crippen LogP contribution < -0.4 is 20.3 Å². The number of aromatic nitrogens is 4. The molecule has 3 aromatic heterocycles. The van der Waals surface area contributed by atoms with Gasteiger partial charge in [-0.3, -0.25) is 29.4 Å². The normalized spacial score (nSPS) is 14.7. The average molecular weight is 928 g/mol. The number of nitrogens with zero attached hydrogens (tertiary/aromatic N) is 7. The minimum Gasteiger partial charge on any atom is -0.493 e. The number of carboxylic acids is 1. The number of carbonyl (C=O) groups is 4. The second-order valence-corrected chi connectivity index (χ2v) is 17.6. The van der Waals surface area contributed by atoms with Crippen molar-refractivity contribution in [2.75, 3.05) is 62.6 Å². The van der Waals surface area contributed by atoms with E-state index >= 15 is 0 Å². The van der Waals surface area contributed by atoms with Crippen molar-refractivity contribution in [2.24, 2.45) is 7.05 Å². The lowest BCUT2D eigenvalue weighted by Gasteiger charge is -2.35. The second kappa shape index (κ2) is 18.7. The van der Waals surface area contributed by atoms with Crippen molar-refractivity contribution in [3.05, 3.63) is 112 Å². The first-order valence-corrected chi connectivity index (χ1v) is 22.8. The predicted molar refractivity (Wildman–Crippen MR) is 257 cm³/mol. The number of fused-ring (bicyclic) bond motifs is 3. The highest BCUT2D eigenvalue weighted by Gasteiger charge is 2.30. The molecule has 3 N–H and O–H groups in total. The minimum atomic E-state index is -1.04. The van der Waals surface area contributed by atoms with E-state index in [1.165, 1.54) is 17.0 Å². The molecule has 4 amide bonds. The van der Waals surface area contributed by atoms with Crippen LogP contribution >= 0.6 is 11.6 Å². The fourth-order valence-electron chi connectivity index (χ4n) is 9.60. The van der Waals surface area contributed by atoms with Gasteiger partial charge < -0.3 is 24.6 Å². The van der Waals surface area contributed by atoms with Crippen LogP contribution in [0.15, 0.2) is 72.8 Å². The van der Waals surface area contributed by atoms with Crippen LogP contribution in [0, 0.1) is 26.6 Å². The molecule has 4 aromatic carbocycles. The largest absolute Gasteiger partial charge is 0.493 e. The number of aryl methyl sites for hydroxylation is 4. The first kappa shape index (κ1) is 45.1. The number of aromatic carboxylic acids is 1. The molecule has 0 unspecified atom stereocenters. The van der Waals surface area contributed by atoms with E-state index in [9.17, 15) is 28.7 Å². The smallest absolute Gasteiger partial charge is 0.352 e. The highest BCUT2D eigenvalue weighted by molar-refractivity contribution is 6.35. The number of rotatable bonds is 14. The second-order valence-electron chi connectivity index (χ2n) is 17.1. The van der Waals surface area contributed by atoms with Gasteiger partial charge in [-0.25, -0.2) is 19.0 Å². The zero-order chi connectivity index (χ0) is 47.1. The van der Waals surface area contributed by atoms with Gasteiger partial charge in [0, 0.05) is 92.3 Å². The van der Waals surface area contributed by atoms with Gasteiger partial charge in [-0.2, -0.15) is 5.10 Å². The van der Waals surface area contributed by atoms with E-state index in [1.54, 1.807) is 10.7 Å². The third kappa shape index (κ3) is 8.86. The van der Waals surface area contributed by atoms with E-state index in [2.05, 4.69) is 20.6 Å². The Labute approximate surface area is 391 Å². The SMILES string of the molecule is Cc1nc2c(NCC(=O)N3CCN(CCn4c(C(=O)O)c(CCCOc5cccc6cc(F)ccc56)c5ccc(Cl)c(-c6c(C)nn(C)c6C)c54)CC3)cccc2cc1N1CCC(=O)NC1=O. The van der Waals surface area contributed by atoms with Crippen LogP contribution in [0.4, 0.5) is 20.6 Å². The average Bonchev–Trinajstić information content (AvgIpc) is 3.76. The summed E-state index contributed by atoms with van der Waals surface area (Å²) in [5.74, 6) is -1.10. The summed E-state index contributed by atoms with van der Waals surface area (Å²) in [5, 5.41) is 24.9. The number of para-hydroxylation sites is 1. The molecule has 2 aliphatic rings. The third-order valence-corrected chi connectivity index (χ3v) is 13.3. The molecule has 0 radical (unpaired) electrons. The molecule has 346 valence electrons. The van der Waals surface area contributed by atoms with Crippen LogP contribution in [0.5, 0.6) is 5.75 Å². The fraction of sp³-hybridized carbons (Fsp3) is 0.320. The van der Waals surface area contributed by atoms with Crippen LogP contribution in [0.1, 0.15) is 46.0 Å². The van der Waals surface area contributed by atoms with Crippen LogP contribution in [0.3, 0.4) is 0 Å². The summed E-state index contributed by atoms with van der Waals surface area (Å²) in [6, 6.07) is 20.9. The maximum atomic E-state index is 13.9. The van der Waals surface area contributed by atoms with Gasteiger partial charge in [0.1, 0.15) is 17.3 Å². The van der Waals surface area contributed by atoms with Crippen LogP contribution in [0.25, 0.3) is 43.7 Å². The van der Waals surface area contributed by atoms with E-state index < -0.39 is 12.0 Å². The molecule has 0 bridgehead atoms. The summed E-state index contributed by atoms with van der Waals surface area (Å²) in [4.78, 5) is 61.7. The van der Waals surface area contributed by atoms with E-state index in [1.807, 2.05) is 91.9 Å². The van der Waals surface area contributed by atoms with Gasteiger partial charge in [-0.1, -0.05) is 41.9 Å². The van der Waals surface area contributed by atoms with E-state index in [0.717, 1.165) is 49.6 Å². The van der Waals surface area contributed by atoms with Crippen molar-refractivity contribution in [3.63, 3.8) is 0 Å². The van der Waals surface area contributed by atoms with Crippen LogP contribution in [-0.2, 0) is 29.6 Å².